The Morgan fingerprint density at radius 3 is 2.86 bits per heavy atom. The van der Waals surface area contributed by atoms with E-state index in [0.29, 0.717) is 29.5 Å². The lowest BCUT2D eigenvalue weighted by Gasteiger charge is -2.17. The van der Waals surface area contributed by atoms with Gasteiger partial charge < -0.3 is 14.8 Å². The highest BCUT2D eigenvalue weighted by Crippen LogP contribution is 2.31. The number of carbonyl (C=O) groups excluding carboxylic acids is 2. The van der Waals surface area contributed by atoms with Crippen LogP contribution in [-0.4, -0.2) is 30.5 Å². The molecule has 7 nitrogen and oxygen atoms in total. The van der Waals surface area contributed by atoms with Crippen molar-refractivity contribution in [2.24, 2.45) is 0 Å². The van der Waals surface area contributed by atoms with E-state index in [1.807, 2.05) is 35.7 Å². The van der Waals surface area contributed by atoms with Crippen LogP contribution in [0.25, 0.3) is 11.3 Å². The van der Waals surface area contributed by atoms with Crippen molar-refractivity contribution in [1.82, 2.24) is 4.98 Å². The van der Waals surface area contributed by atoms with Crippen molar-refractivity contribution in [1.29, 1.82) is 0 Å². The number of hydrogen-bond acceptors (Lipinski definition) is 6. The molecule has 0 bridgehead atoms. The normalized spacial score (nSPS) is 12.7. The number of benzene rings is 2. The van der Waals surface area contributed by atoms with Crippen LogP contribution in [0.4, 0.5) is 10.8 Å². The van der Waals surface area contributed by atoms with Crippen LogP contribution in [0.15, 0.2) is 47.8 Å². The van der Waals surface area contributed by atoms with Crippen LogP contribution in [0.3, 0.4) is 0 Å². The third-order valence-corrected chi connectivity index (χ3v) is 5.23. The standard InChI is InChI=1S/C21H19N3O4S/c1-27-17-4-2-3-5-18(17)28-11-20(26)24-21-23-16(12-29-21)14-6-8-15-13(10-14)7-9-19(25)22-15/h2-6,8,10,12H,7,9,11H2,1H3,(H,22,25)(H,23,24,26). The first kappa shape index (κ1) is 18.9. The topological polar surface area (TPSA) is 89.6 Å². The molecular weight excluding hydrogens is 390 g/mol. The highest BCUT2D eigenvalue weighted by Gasteiger charge is 2.16. The second-order valence-corrected chi connectivity index (χ2v) is 7.30. The lowest BCUT2D eigenvalue weighted by atomic mass is 9.99. The molecule has 1 aliphatic heterocycles. The molecule has 2 aromatic carbocycles. The molecule has 0 saturated heterocycles. The minimum Gasteiger partial charge on any atom is -0.493 e. The van der Waals surface area contributed by atoms with Gasteiger partial charge in [0.25, 0.3) is 5.91 Å². The fourth-order valence-corrected chi connectivity index (χ4v) is 3.78. The fourth-order valence-electron chi connectivity index (χ4n) is 3.04. The minimum absolute atomic E-state index is 0.0410. The van der Waals surface area contributed by atoms with Crippen LogP contribution >= 0.6 is 11.3 Å². The van der Waals surface area contributed by atoms with E-state index in [-0.39, 0.29) is 18.4 Å². The molecule has 0 aliphatic carbocycles. The summed E-state index contributed by atoms with van der Waals surface area (Å²) >= 11 is 1.35. The van der Waals surface area contributed by atoms with Crippen LogP contribution in [0.1, 0.15) is 12.0 Å². The van der Waals surface area contributed by atoms with Gasteiger partial charge in [0, 0.05) is 23.1 Å². The van der Waals surface area contributed by atoms with Crippen molar-refractivity contribution >= 4 is 34.0 Å². The molecule has 0 unspecified atom stereocenters. The summed E-state index contributed by atoms with van der Waals surface area (Å²) in [5.41, 5.74) is 3.66. The van der Waals surface area contributed by atoms with Crippen molar-refractivity contribution in [2.75, 3.05) is 24.4 Å². The summed E-state index contributed by atoms with van der Waals surface area (Å²) in [5.74, 6) is 0.816. The van der Waals surface area contributed by atoms with E-state index in [2.05, 4.69) is 15.6 Å². The summed E-state index contributed by atoms with van der Waals surface area (Å²) in [4.78, 5) is 28.2. The maximum atomic E-state index is 12.2. The first-order valence-electron chi connectivity index (χ1n) is 9.07. The summed E-state index contributed by atoms with van der Waals surface area (Å²) in [5, 5.41) is 8.01. The van der Waals surface area contributed by atoms with E-state index >= 15 is 0 Å². The summed E-state index contributed by atoms with van der Waals surface area (Å²) in [6, 6.07) is 13.0. The highest BCUT2D eigenvalue weighted by molar-refractivity contribution is 7.14. The molecule has 0 atom stereocenters. The van der Waals surface area contributed by atoms with Gasteiger partial charge in [-0.2, -0.15) is 0 Å². The Morgan fingerprint density at radius 2 is 2.03 bits per heavy atom. The second kappa shape index (κ2) is 8.32. The molecule has 0 spiro atoms. The number of carbonyl (C=O) groups is 2. The van der Waals surface area contributed by atoms with E-state index in [1.165, 1.54) is 11.3 Å². The number of para-hydroxylation sites is 2. The number of methoxy groups -OCH3 is 1. The number of amides is 2. The Hall–Kier alpha value is -3.39. The number of aromatic nitrogens is 1. The van der Waals surface area contributed by atoms with Gasteiger partial charge in [0.1, 0.15) is 0 Å². The number of rotatable bonds is 6. The number of aryl methyl sites for hydroxylation is 1. The molecule has 148 valence electrons. The van der Waals surface area contributed by atoms with Gasteiger partial charge in [-0.15, -0.1) is 11.3 Å². The number of nitrogens with one attached hydrogen (secondary N) is 2. The van der Waals surface area contributed by atoms with Gasteiger partial charge in [0.15, 0.2) is 23.2 Å². The zero-order chi connectivity index (χ0) is 20.2. The summed E-state index contributed by atoms with van der Waals surface area (Å²) in [6.07, 6.45) is 1.20. The average Bonchev–Trinajstić information content (AvgIpc) is 3.20. The van der Waals surface area contributed by atoms with E-state index < -0.39 is 0 Å². The van der Waals surface area contributed by atoms with Crippen molar-refractivity contribution in [3.8, 4) is 22.8 Å². The Morgan fingerprint density at radius 1 is 1.21 bits per heavy atom. The molecule has 0 radical (unpaired) electrons. The lowest BCUT2D eigenvalue weighted by Crippen LogP contribution is -2.20. The molecule has 0 fully saturated rings. The molecule has 1 aromatic heterocycles. The van der Waals surface area contributed by atoms with Gasteiger partial charge in [-0.25, -0.2) is 4.98 Å². The first-order valence-corrected chi connectivity index (χ1v) is 9.94. The van der Waals surface area contributed by atoms with Crippen molar-refractivity contribution in [2.45, 2.75) is 12.8 Å². The van der Waals surface area contributed by atoms with Gasteiger partial charge in [0.05, 0.1) is 12.8 Å². The largest absolute Gasteiger partial charge is 0.493 e. The molecule has 4 rings (SSSR count). The predicted molar refractivity (Wildman–Crippen MR) is 112 cm³/mol. The molecule has 29 heavy (non-hydrogen) atoms. The van der Waals surface area contributed by atoms with Crippen molar-refractivity contribution in [3.05, 3.63) is 53.4 Å². The van der Waals surface area contributed by atoms with Crippen LogP contribution in [-0.2, 0) is 16.0 Å². The molecule has 1 aliphatic rings. The van der Waals surface area contributed by atoms with Crippen LogP contribution in [0, 0.1) is 0 Å². The lowest BCUT2D eigenvalue weighted by molar-refractivity contribution is -0.118. The van der Waals surface area contributed by atoms with E-state index in [9.17, 15) is 9.59 Å². The van der Waals surface area contributed by atoms with E-state index in [4.69, 9.17) is 9.47 Å². The van der Waals surface area contributed by atoms with E-state index in [0.717, 1.165) is 22.5 Å². The zero-order valence-electron chi connectivity index (χ0n) is 15.7. The quantitative estimate of drug-likeness (QED) is 0.648. The summed E-state index contributed by atoms with van der Waals surface area (Å²) < 4.78 is 10.7. The van der Waals surface area contributed by atoms with Crippen molar-refractivity contribution < 1.29 is 19.1 Å². The molecule has 2 N–H and O–H groups in total. The Kier molecular flexibility index (Phi) is 5.44. The van der Waals surface area contributed by atoms with Gasteiger partial charge >= 0.3 is 0 Å². The van der Waals surface area contributed by atoms with Gasteiger partial charge in [0.2, 0.25) is 5.91 Å². The fraction of sp³-hybridized carbons (Fsp3) is 0.190. The molecule has 0 saturated carbocycles. The van der Waals surface area contributed by atoms with Crippen LogP contribution in [0.5, 0.6) is 11.5 Å². The number of thiazole rings is 1. The monoisotopic (exact) mass is 409 g/mol. The Labute approximate surface area is 171 Å². The van der Waals surface area contributed by atoms with Gasteiger partial charge in [-0.1, -0.05) is 18.2 Å². The molecule has 8 heteroatoms. The molecular formula is C21H19N3O4S. The molecule has 3 aromatic rings. The Bertz CT molecular complexity index is 1060. The summed E-state index contributed by atoms with van der Waals surface area (Å²) in [7, 11) is 1.55. The number of hydrogen-bond donors (Lipinski definition) is 2. The van der Waals surface area contributed by atoms with Crippen molar-refractivity contribution in [3.63, 3.8) is 0 Å². The smallest absolute Gasteiger partial charge is 0.264 e. The SMILES string of the molecule is COc1ccccc1OCC(=O)Nc1nc(-c2ccc3c(c2)CCC(=O)N3)cs1. The van der Waals surface area contributed by atoms with Gasteiger partial charge in [-0.3, -0.25) is 14.9 Å². The van der Waals surface area contributed by atoms with Crippen LogP contribution in [0.2, 0.25) is 0 Å². The maximum absolute atomic E-state index is 12.2. The molecule has 2 heterocycles. The highest BCUT2D eigenvalue weighted by atomic mass is 32.1. The third-order valence-electron chi connectivity index (χ3n) is 4.47. The second-order valence-electron chi connectivity index (χ2n) is 6.45. The third kappa shape index (κ3) is 4.38. The number of fused-ring (bicyclic) bond motifs is 1. The maximum Gasteiger partial charge on any atom is 0.264 e. The zero-order valence-corrected chi connectivity index (χ0v) is 16.5. The van der Waals surface area contributed by atoms with E-state index in [1.54, 1.807) is 19.2 Å². The number of anilines is 2. The molecule has 2 amide bonds. The summed E-state index contributed by atoms with van der Waals surface area (Å²) in [6.45, 7) is -0.145. The Balaban J connectivity index is 1.39. The number of ether oxygens (including phenoxy) is 2. The minimum atomic E-state index is -0.301. The van der Waals surface area contributed by atoms with Gasteiger partial charge in [-0.05, 0) is 36.2 Å². The first-order chi connectivity index (χ1) is 14.1. The predicted octanol–water partition coefficient (Wildman–Crippen LogP) is 3.72. The average molecular weight is 409 g/mol. The van der Waals surface area contributed by atoms with Crippen LogP contribution < -0.4 is 20.1 Å². The number of nitrogens with zero attached hydrogens (tertiary/aromatic N) is 1.